The fraction of sp³-hybridized carbons (Fsp3) is 0.0833. The van der Waals surface area contributed by atoms with Gasteiger partial charge in [-0.3, -0.25) is 0 Å². The second-order valence-corrected chi connectivity index (χ2v) is 3.59. The second-order valence-electron chi connectivity index (χ2n) is 3.22. The van der Waals surface area contributed by atoms with Crippen molar-refractivity contribution in [3.8, 4) is 0 Å². The molecule has 0 fully saturated rings. The molecule has 0 atom stereocenters. The van der Waals surface area contributed by atoms with Gasteiger partial charge in [0.2, 0.25) is 5.05 Å². The molecule has 15 heavy (non-hydrogen) atoms. The molecule has 1 aromatic carbocycles. The summed E-state index contributed by atoms with van der Waals surface area (Å²) in [6.07, 6.45) is 3.93. The molecular weight excluding hydrogens is 206 g/mol. The number of hydrogen-bond acceptors (Lipinski definition) is 2. The molecule has 0 amide bonds. The minimum atomic E-state index is 0.548. The Balaban J connectivity index is 2.31. The Bertz CT molecular complexity index is 434. The molecule has 1 heterocycles. The number of benzene rings is 1. The number of nitrogens with two attached hydrogens (primary N) is 1. The smallest absolute Gasteiger partial charge is 0.203 e. The Morgan fingerprint density at radius 2 is 2.00 bits per heavy atom. The lowest BCUT2D eigenvalue weighted by atomic mass is 10.1. The lowest BCUT2D eigenvalue weighted by Gasteiger charge is -2.01. The van der Waals surface area contributed by atoms with E-state index in [-0.39, 0.29) is 0 Å². The van der Waals surface area contributed by atoms with Gasteiger partial charge in [0.15, 0.2) is 0 Å². The third-order valence-electron chi connectivity index (χ3n) is 2.13. The lowest BCUT2D eigenvalue weighted by molar-refractivity contribution is -0.556. The third kappa shape index (κ3) is 2.14. The molecule has 0 saturated carbocycles. The van der Waals surface area contributed by atoms with E-state index in [1.165, 1.54) is 0 Å². The van der Waals surface area contributed by atoms with Crippen LogP contribution in [-0.4, -0.2) is 12.1 Å². The molecule has 0 bridgehead atoms. The van der Waals surface area contributed by atoms with Crippen molar-refractivity contribution >= 4 is 23.0 Å². The largest absolute Gasteiger partial charge is 0.444 e. The predicted molar refractivity (Wildman–Crippen MR) is 64.0 cm³/mol. The summed E-state index contributed by atoms with van der Waals surface area (Å²) < 4.78 is 5.52. The summed E-state index contributed by atoms with van der Waals surface area (Å²) in [5.74, 6) is 0.828. The lowest BCUT2D eigenvalue weighted by Crippen LogP contribution is -2.73. The molecule has 0 saturated heterocycles. The highest BCUT2D eigenvalue weighted by Crippen LogP contribution is 2.25. The Morgan fingerprint density at radius 1 is 1.27 bits per heavy atom. The van der Waals surface area contributed by atoms with Gasteiger partial charge in [-0.15, -0.1) is 0 Å². The van der Waals surface area contributed by atoms with E-state index in [1.807, 2.05) is 55.0 Å². The molecule has 0 aliphatic carbocycles. The highest BCUT2D eigenvalue weighted by atomic mass is 32.1. The van der Waals surface area contributed by atoms with Crippen LogP contribution in [0.5, 0.6) is 0 Å². The summed E-state index contributed by atoms with van der Waals surface area (Å²) in [7, 11) is 1.96. The maximum absolute atomic E-state index is 5.52. The molecule has 1 aromatic rings. The number of ether oxygens (including phenoxy) is 1. The van der Waals surface area contributed by atoms with Crippen molar-refractivity contribution in [3.05, 3.63) is 53.7 Å². The highest BCUT2D eigenvalue weighted by Gasteiger charge is 2.18. The summed E-state index contributed by atoms with van der Waals surface area (Å²) in [4.78, 5) is 0. The standard InChI is InChI=1S/C12H11NOS/c1-13-8-10-7-11(14-12(10)15)9-5-3-2-4-6-9/h2-8,13H,1H3/p+1. The average Bonchev–Trinajstić information content (AvgIpc) is 2.63. The topological polar surface area (TPSA) is 25.8 Å². The Morgan fingerprint density at radius 3 is 2.67 bits per heavy atom. The van der Waals surface area contributed by atoms with Gasteiger partial charge in [-0.2, -0.15) is 0 Å². The zero-order chi connectivity index (χ0) is 10.7. The number of rotatable bonds is 2. The molecule has 1 aliphatic rings. The SMILES string of the molecule is C[NH2+]C=C1C=C(c2ccccc2)OC1=S. The van der Waals surface area contributed by atoms with Crippen LogP contribution in [0.2, 0.25) is 0 Å². The van der Waals surface area contributed by atoms with Crippen LogP contribution in [0.15, 0.2) is 48.2 Å². The van der Waals surface area contributed by atoms with E-state index in [0.29, 0.717) is 5.05 Å². The summed E-state index contributed by atoms with van der Waals surface area (Å²) in [5, 5.41) is 2.50. The molecule has 3 heteroatoms. The first-order chi connectivity index (χ1) is 7.31. The third-order valence-corrected chi connectivity index (χ3v) is 2.45. The van der Waals surface area contributed by atoms with Crippen LogP contribution < -0.4 is 5.32 Å². The van der Waals surface area contributed by atoms with Gasteiger partial charge in [0.25, 0.3) is 0 Å². The van der Waals surface area contributed by atoms with E-state index in [2.05, 4.69) is 0 Å². The fourth-order valence-corrected chi connectivity index (χ4v) is 1.65. The second kappa shape index (κ2) is 4.38. The van der Waals surface area contributed by atoms with Gasteiger partial charge in [-0.25, -0.2) is 0 Å². The minimum absolute atomic E-state index is 0.548. The normalized spacial score (nSPS) is 17.8. The molecule has 1 aliphatic heterocycles. The van der Waals surface area contributed by atoms with Gasteiger partial charge < -0.3 is 10.1 Å². The first-order valence-corrected chi connectivity index (χ1v) is 5.21. The van der Waals surface area contributed by atoms with Crippen LogP contribution in [-0.2, 0) is 4.74 Å². The molecule has 2 rings (SSSR count). The Labute approximate surface area is 94.3 Å². The summed E-state index contributed by atoms with van der Waals surface area (Å²) >= 11 is 5.12. The zero-order valence-corrected chi connectivity index (χ0v) is 9.25. The maximum atomic E-state index is 5.52. The van der Waals surface area contributed by atoms with E-state index in [0.717, 1.165) is 16.9 Å². The quantitative estimate of drug-likeness (QED) is 0.601. The summed E-state index contributed by atoms with van der Waals surface area (Å²) in [6.45, 7) is 0. The van der Waals surface area contributed by atoms with E-state index in [9.17, 15) is 0 Å². The van der Waals surface area contributed by atoms with Crippen molar-refractivity contribution in [3.63, 3.8) is 0 Å². The van der Waals surface area contributed by atoms with E-state index >= 15 is 0 Å². The van der Waals surface area contributed by atoms with E-state index in [4.69, 9.17) is 17.0 Å². The van der Waals surface area contributed by atoms with Crippen LogP contribution in [0.25, 0.3) is 5.76 Å². The fourth-order valence-electron chi connectivity index (χ4n) is 1.43. The molecule has 76 valence electrons. The van der Waals surface area contributed by atoms with Gasteiger partial charge in [0, 0.05) is 5.56 Å². The number of thiocarbonyl (C=S) groups is 1. The zero-order valence-electron chi connectivity index (χ0n) is 8.44. The van der Waals surface area contributed by atoms with Crippen LogP contribution in [0, 0.1) is 0 Å². The number of hydrogen-bond donors (Lipinski definition) is 1. The molecule has 0 radical (unpaired) electrons. The monoisotopic (exact) mass is 218 g/mol. The van der Waals surface area contributed by atoms with Gasteiger partial charge in [0.1, 0.15) is 12.0 Å². The van der Waals surface area contributed by atoms with Crippen molar-refractivity contribution in [1.29, 1.82) is 0 Å². The van der Waals surface area contributed by atoms with Crippen molar-refractivity contribution in [2.75, 3.05) is 7.05 Å². The molecule has 0 aromatic heterocycles. The van der Waals surface area contributed by atoms with Crippen molar-refractivity contribution in [1.82, 2.24) is 0 Å². The van der Waals surface area contributed by atoms with Crippen LogP contribution in [0.4, 0.5) is 0 Å². The first-order valence-electron chi connectivity index (χ1n) is 4.80. The van der Waals surface area contributed by atoms with Crippen molar-refractivity contribution in [2.24, 2.45) is 0 Å². The van der Waals surface area contributed by atoms with Crippen molar-refractivity contribution in [2.45, 2.75) is 0 Å². The maximum Gasteiger partial charge on any atom is 0.203 e. The minimum Gasteiger partial charge on any atom is -0.444 e. The predicted octanol–water partition coefficient (Wildman–Crippen LogP) is 1.46. The van der Waals surface area contributed by atoms with Crippen LogP contribution in [0.3, 0.4) is 0 Å². The van der Waals surface area contributed by atoms with E-state index < -0.39 is 0 Å². The molecular formula is C12H12NOS+. The summed E-state index contributed by atoms with van der Waals surface area (Å²) in [6, 6.07) is 9.96. The Kier molecular flexibility index (Phi) is 2.94. The molecule has 0 spiro atoms. The molecule has 2 N–H and O–H groups in total. The van der Waals surface area contributed by atoms with Gasteiger partial charge in [-0.05, 0) is 18.3 Å². The van der Waals surface area contributed by atoms with Crippen LogP contribution in [0.1, 0.15) is 5.56 Å². The Hall–Kier alpha value is -1.45. The summed E-state index contributed by atoms with van der Waals surface area (Å²) in [5.41, 5.74) is 2.02. The van der Waals surface area contributed by atoms with Crippen molar-refractivity contribution < 1.29 is 10.1 Å². The molecule has 2 nitrogen and oxygen atoms in total. The van der Waals surface area contributed by atoms with Gasteiger partial charge in [-0.1, -0.05) is 30.3 Å². The first kappa shape index (κ1) is 10.1. The average molecular weight is 218 g/mol. The van der Waals surface area contributed by atoms with Crippen LogP contribution >= 0.6 is 12.2 Å². The van der Waals surface area contributed by atoms with Gasteiger partial charge in [0.05, 0.1) is 12.6 Å². The van der Waals surface area contributed by atoms with Gasteiger partial charge >= 0.3 is 0 Å². The molecule has 0 unspecified atom stereocenters. The van der Waals surface area contributed by atoms with E-state index in [1.54, 1.807) is 0 Å². The number of quaternary nitrogens is 1. The highest BCUT2D eigenvalue weighted by molar-refractivity contribution is 7.80.